The van der Waals surface area contributed by atoms with Gasteiger partial charge < -0.3 is 15.5 Å². The third kappa shape index (κ3) is 3.96. The number of phenolic OH excluding ortho intramolecular Hbond substituents is 1. The maximum atomic E-state index is 11.9. The van der Waals surface area contributed by atoms with Crippen LogP contribution in [0.15, 0.2) is 18.2 Å². The van der Waals surface area contributed by atoms with E-state index in [-0.39, 0.29) is 11.4 Å². The molecule has 0 bridgehead atoms. The Labute approximate surface area is 98.8 Å². The fourth-order valence-electron chi connectivity index (χ4n) is 1.19. The van der Waals surface area contributed by atoms with Crippen LogP contribution in [-0.2, 0) is 4.79 Å². The number of alkyl halides is 3. The number of benzene rings is 1. The Kier molecular flexibility index (Phi) is 3.79. The van der Waals surface area contributed by atoms with Crippen LogP contribution in [0.25, 0.3) is 0 Å². The topological polar surface area (TPSA) is 86.6 Å². The molecule has 0 fully saturated rings. The third-order valence-electron chi connectivity index (χ3n) is 1.87. The Morgan fingerprint density at radius 2 is 1.89 bits per heavy atom. The number of carbonyl (C=O) groups excluding carboxylic acids is 1. The van der Waals surface area contributed by atoms with E-state index in [4.69, 9.17) is 10.2 Å². The molecule has 0 heterocycles. The molecule has 3 N–H and O–H groups in total. The lowest BCUT2D eigenvalue weighted by atomic mass is 10.1. The second kappa shape index (κ2) is 4.94. The van der Waals surface area contributed by atoms with E-state index in [1.54, 1.807) is 0 Å². The molecule has 1 rings (SSSR count). The van der Waals surface area contributed by atoms with E-state index in [0.717, 1.165) is 18.2 Å². The quantitative estimate of drug-likeness (QED) is 0.728. The van der Waals surface area contributed by atoms with Crippen molar-refractivity contribution in [2.75, 3.05) is 5.32 Å². The van der Waals surface area contributed by atoms with Gasteiger partial charge in [-0.2, -0.15) is 13.2 Å². The number of carboxylic acid groups (broad SMARTS) is 1. The van der Waals surface area contributed by atoms with E-state index < -0.39 is 30.0 Å². The molecule has 18 heavy (non-hydrogen) atoms. The number of nitrogens with one attached hydrogen (secondary N) is 1. The van der Waals surface area contributed by atoms with Crippen molar-refractivity contribution in [3.05, 3.63) is 23.8 Å². The lowest BCUT2D eigenvalue weighted by molar-refractivity contribution is -0.150. The molecule has 0 spiro atoms. The summed E-state index contributed by atoms with van der Waals surface area (Å²) < 4.78 is 35.7. The summed E-state index contributed by atoms with van der Waals surface area (Å²) in [6.07, 6.45) is -6.39. The number of aromatic hydroxyl groups is 1. The fraction of sp³-hybridized carbons (Fsp3) is 0.200. The van der Waals surface area contributed by atoms with Crippen molar-refractivity contribution in [3.63, 3.8) is 0 Å². The molecule has 1 amide bonds. The third-order valence-corrected chi connectivity index (χ3v) is 1.87. The Balaban J connectivity index is 2.91. The minimum Gasteiger partial charge on any atom is -0.508 e. The molecule has 0 saturated heterocycles. The zero-order valence-corrected chi connectivity index (χ0v) is 8.78. The molecule has 1 aromatic rings. The molecule has 0 saturated carbocycles. The second-order valence-corrected chi connectivity index (χ2v) is 3.38. The van der Waals surface area contributed by atoms with E-state index in [9.17, 15) is 22.8 Å². The number of hydrogen-bond donors (Lipinski definition) is 3. The Morgan fingerprint density at radius 3 is 2.39 bits per heavy atom. The molecule has 0 unspecified atom stereocenters. The molecule has 0 aliphatic carbocycles. The van der Waals surface area contributed by atoms with Crippen LogP contribution in [0.5, 0.6) is 5.75 Å². The van der Waals surface area contributed by atoms with Crippen LogP contribution < -0.4 is 5.32 Å². The second-order valence-electron chi connectivity index (χ2n) is 3.38. The van der Waals surface area contributed by atoms with Crippen molar-refractivity contribution >= 4 is 17.6 Å². The first kappa shape index (κ1) is 13.8. The first-order chi connectivity index (χ1) is 8.19. The largest absolute Gasteiger partial charge is 0.508 e. The van der Waals surface area contributed by atoms with Crippen LogP contribution in [0.3, 0.4) is 0 Å². The molecule has 0 aliphatic heterocycles. The molecule has 0 aromatic heterocycles. The highest BCUT2D eigenvalue weighted by Gasteiger charge is 2.31. The summed E-state index contributed by atoms with van der Waals surface area (Å²) in [4.78, 5) is 21.8. The van der Waals surface area contributed by atoms with Gasteiger partial charge in [0, 0.05) is 0 Å². The summed E-state index contributed by atoms with van der Waals surface area (Å²) in [7, 11) is 0. The normalized spacial score (nSPS) is 11.1. The van der Waals surface area contributed by atoms with E-state index in [1.807, 2.05) is 5.32 Å². The summed E-state index contributed by atoms with van der Waals surface area (Å²) in [5.41, 5.74) is -0.805. The van der Waals surface area contributed by atoms with Crippen LogP contribution >= 0.6 is 0 Å². The predicted octanol–water partition coefficient (Wildman–Crippen LogP) is 1.98. The van der Waals surface area contributed by atoms with Crippen LogP contribution in [0.2, 0.25) is 0 Å². The summed E-state index contributed by atoms with van der Waals surface area (Å²) in [5.74, 6) is -3.23. The first-order valence-electron chi connectivity index (χ1n) is 4.62. The molecule has 1 aromatic carbocycles. The Morgan fingerprint density at radius 1 is 1.28 bits per heavy atom. The van der Waals surface area contributed by atoms with Crippen molar-refractivity contribution in [1.29, 1.82) is 0 Å². The van der Waals surface area contributed by atoms with Crippen LogP contribution in [0.1, 0.15) is 16.8 Å². The lowest BCUT2D eigenvalue weighted by Gasteiger charge is -2.10. The van der Waals surface area contributed by atoms with Gasteiger partial charge in [0.15, 0.2) is 0 Å². The smallest absolute Gasteiger partial charge is 0.397 e. The van der Waals surface area contributed by atoms with E-state index in [0.29, 0.717) is 0 Å². The van der Waals surface area contributed by atoms with Crippen molar-refractivity contribution in [1.82, 2.24) is 0 Å². The van der Waals surface area contributed by atoms with Crippen LogP contribution in [-0.4, -0.2) is 28.3 Å². The number of hydrogen-bond acceptors (Lipinski definition) is 3. The zero-order chi connectivity index (χ0) is 13.9. The van der Waals surface area contributed by atoms with Crippen molar-refractivity contribution in [2.45, 2.75) is 12.6 Å². The molecule has 0 aliphatic rings. The van der Waals surface area contributed by atoms with Gasteiger partial charge in [-0.05, 0) is 18.2 Å². The van der Waals surface area contributed by atoms with Gasteiger partial charge in [0.2, 0.25) is 5.91 Å². The number of rotatable bonds is 3. The van der Waals surface area contributed by atoms with E-state index in [1.165, 1.54) is 0 Å². The highest BCUT2D eigenvalue weighted by Crippen LogP contribution is 2.24. The molecular formula is C10H8F3NO4. The maximum absolute atomic E-state index is 11.9. The van der Waals surface area contributed by atoms with Gasteiger partial charge in [0.05, 0.1) is 11.3 Å². The summed E-state index contributed by atoms with van der Waals surface area (Å²) in [6.45, 7) is 0. The molecule has 5 nitrogen and oxygen atoms in total. The minimum atomic E-state index is -4.68. The monoisotopic (exact) mass is 263 g/mol. The first-order valence-corrected chi connectivity index (χ1v) is 4.62. The van der Waals surface area contributed by atoms with E-state index in [2.05, 4.69) is 0 Å². The highest BCUT2D eigenvalue weighted by molar-refractivity contribution is 6.00. The van der Waals surface area contributed by atoms with Crippen LogP contribution in [0, 0.1) is 0 Å². The number of phenols is 1. The zero-order valence-electron chi connectivity index (χ0n) is 8.78. The van der Waals surface area contributed by atoms with Gasteiger partial charge in [0.25, 0.3) is 0 Å². The number of amides is 1. The predicted molar refractivity (Wildman–Crippen MR) is 54.4 cm³/mol. The number of halogens is 3. The lowest BCUT2D eigenvalue weighted by Crippen LogP contribution is -2.22. The van der Waals surface area contributed by atoms with Crippen LogP contribution in [0.4, 0.5) is 18.9 Å². The molecule has 8 heteroatoms. The molecule has 0 radical (unpaired) electrons. The highest BCUT2D eigenvalue weighted by atomic mass is 19.4. The fourth-order valence-corrected chi connectivity index (χ4v) is 1.19. The average Bonchev–Trinajstić information content (AvgIpc) is 2.17. The van der Waals surface area contributed by atoms with Gasteiger partial charge in [-0.3, -0.25) is 4.79 Å². The average molecular weight is 263 g/mol. The number of carboxylic acids is 1. The minimum absolute atomic E-state index is 0.311. The van der Waals surface area contributed by atoms with Crippen molar-refractivity contribution < 1.29 is 33.0 Å². The Hall–Kier alpha value is -2.25. The SMILES string of the molecule is O=C(CC(F)(F)F)Nc1ccc(O)cc1C(=O)O. The van der Waals surface area contributed by atoms with E-state index >= 15 is 0 Å². The van der Waals surface area contributed by atoms with Crippen molar-refractivity contribution in [3.8, 4) is 5.75 Å². The summed E-state index contributed by atoms with van der Waals surface area (Å²) in [5, 5.41) is 19.6. The Bertz CT molecular complexity index is 485. The molecule has 0 atom stereocenters. The molecule has 98 valence electrons. The molecular weight excluding hydrogens is 255 g/mol. The standard InChI is InChI=1S/C10H8F3NO4/c11-10(12,13)4-8(16)14-7-2-1-5(15)3-6(7)9(17)18/h1-3,15H,4H2,(H,14,16)(H,17,18). The van der Waals surface area contributed by atoms with Crippen molar-refractivity contribution in [2.24, 2.45) is 0 Å². The van der Waals surface area contributed by atoms with Gasteiger partial charge >= 0.3 is 12.1 Å². The number of carbonyl (C=O) groups is 2. The number of anilines is 1. The van der Waals surface area contributed by atoms with Gasteiger partial charge in [-0.1, -0.05) is 0 Å². The van der Waals surface area contributed by atoms with Gasteiger partial charge in [-0.25, -0.2) is 4.79 Å². The summed E-state index contributed by atoms with van der Waals surface area (Å²) in [6, 6.07) is 2.88. The maximum Gasteiger partial charge on any atom is 0.397 e. The number of aromatic carboxylic acids is 1. The van der Waals surface area contributed by atoms with Gasteiger partial charge in [-0.15, -0.1) is 0 Å². The van der Waals surface area contributed by atoms with Gasteiger partial charge in [0.1, 0.15) is 12.2 Å². The summed E-state index contributed by atoms with van der Waals surface area (Å²) >= 11 is 0.